The Bertz CT molecular complexity index is 697. The number of sulfonamides is 1. The van der Waals surface area contributed by atoms with E-state index in [0.717, 1.165) is 17.5 Å². The monoisotopic (exact) mass is 305 g/mol. The molecule has 0 unspecified atom stereocenters. The van der Waals surface area contributed by atoms with Crippen molar-refractivity contribution in [1.82, 2.24) is 0 Å². The maximum absolute atomic E-state index is 11.3. The van der Waals surface area contributed by atoms with Crippen LogP contribution in [-0.2, 0) is 28.8 Å². The maximum atomic E-state index is 11.3. The molecule has 112 valence electrons. The SMILES string of the molecule is CCc1cccc(CS(N)(=O)=O)c1OCc1ccccc1. The third-order valence-corrected chi connectivity index (χ3v) is 3.86. The zero-order valence-electron chi connectivity index (χ0n) is 12.0. The second-order valence-electron chi connectivity index (χ2n) is 4.84. The Balaban J connectivity index is 2.27. The molecule has 0 atom stereocenters. The molecule has 0 fully saturated rings. The molecular formula is C16H19NO3S. The van der Waals surface area contributed by atoms with Gasteiger partial charge in [0, 0.05) is 5.56 Å². The molecule has 0 aliphatic heterocycles. The van der Waals surface area contributed by atoms with Crippen molar-refractivity contribution in [3.63, 3.8) is 0 Å². The molecule has 0 bridgehead atoms. The molecule has 0 aliphatic carbocycles. The van der Waals surface area contributed by atoms with E-state index in [1.165, 1.54) is 0 Å². The molecule has 21 heavy (non-hydrogen) atoms. The number of benzene rings is 2. The lowest BCUT2D eigenvalue weighted by molar-refractivity contribution is 0.300. The van der Waals surface area contributed by atoms with Crippen molar-refractivity contribution in [2.75, 3.05) is 0 Å². The molecule has 2 rings (SSSR count). The minimum Gasteiger partial charge on any atom is -0.488 e. The molecule has 0 amide bonds. The van der Waals surface area contributed by atoms with Crippen molar-refractivity contribution >= 4 is 10.0 Å². The van der Waals surface area contributed by atoms with Crippen LogP contribution in [0.15, 0.2) is 48.5 Å². The number of hydrogen-bond donors (Lipinski definition) is 1. The van der Waals surface area contributed by atoms with Gasteiger partial charge in [-0.1, -0.05) is 55.5 Å². The average molecular weight is 305 g/mol. The Morgan fingerprint density at radius 1 is 1.00 bits per heavy atom. The van der Waals surface area contributed by atoms with Gasteiger partial charge >= 0.3 is 0 Å². The van der Waals surface area contributed by atoms with Crippen LogP contribution in [0.4, 0.5) is 0 Å². The van der Waals surface area contributed by atoms with Crippen LogP contribution in [0.5, 0.6) is 5.75 Å². The zero-order valence-corrected chi connectivity index (χ0v) is 12.8. The molecule has 0 heterocycles. The van der Waals surface area contributed by atoms with Gasteiger partial charge in [0.25, 0.3) is 0 Å². The van der Waals surface area contributed by atoms with E-state index in [1.54, 1.807) is 6.07 Å². The molecule has 0 saturated carbocycles. The first kappa shape index (κ1) is 15.5. The van der Waals surface area contributed by atoms with E-state index in [9.17, 15) is 8.42 Å². The van der Waals surface area contributed by atoms with Crippen LogP contribution in [0.1, 0.15) is 23.6 Å². The summed E-state index contributed by atoms with van der Waals surface area (Å²) in [6, 6.07) is 15.3. The van der Waals surface area contributed by atoms with Gasteiger partial charge in [0.1, 0.15) is 12.4 Å². The van der Waals surface area contributed by atoms with E-state index in [0.29, 0.717) is 17.9 Å². The Morgan fingerprint density at radius 3 is 2.29 bits per heavy atom. The molecular weight excluding hydrogens is 286 g/mol. The second kappa shape index (κ2) is 6.74. The molecule has 2 aromatic carbocycles. The van der Waals surface area contributed by atoms with Gasteiger partial charge in [-0.3, -0.25) is 0 Å². The number of rotatable bonds is 6. The number of nitrogens with two attached hydrogens (primary N) is 1. The summed E-state index contributed by atoms with van der Waals surface area (Å²) in [4.78, 5) is 0. The van der Waals surface area contributed by atoms with Gasteiger partial charge in [-0.25, -0.2) is 13.6 Å². The van der Waals surface area contributed by atoms with E-state index in [1.807, 2.05) is 49.4 Å². The zero-order chi connectivity index (χ0) is 15.3. The van der Waals surface area contributed by atoms with Crippen molar-refractivity contribution in [1.29, 1.82) is 0 Å². The van der Waals surface area contributed by atoms with Crippen molar-refractivity contribution in [2.45, 2.75) is 25.7 Å². The molecule has 0 radical (unpaired) electrons. The summed E-state index contributed by atoms with van der Waals surface area (Å²) in [6.45, 7) is 2.40. The van der Waals surface area contributed by atoms with Crippen LogP contribution < -0.4 is 9.88 Å². The summed E-state index contributed by atoms with van der Waals surface area (Å²) in [5, 5.41) is 5.15. The third-order valence-electron chi connectivity index (χ3n) is 3.14. The quantitative estimate of drug-likeness (QED) is 0.892. The number of para-hydroxylation sites is 1. The largest absolute Gasteiger partial charge is 0.488 e. The highest BCUT2D eigenvalue weighted by molar-refractivity contribution is 7.88. The predicted octanol–water partition coefficient (Wildman–Crippen LogP) is 2.62. The minimum atomic E-state index is -3.59. The van der Waals surface area contributed by atoms with Gasteiger partial charge in [-0.15, -0.1) is 0 Å². The summed E-state index contributed by atoms with van der Waals surface area (Å²) in [5.74, 6) is 0.406. The smallest absolute Gasteiger partial charge is 0.213 e. The highest BCUT2D eigenvalue weighted by atomic mass is 32.2. The molecule has 4 nitrogen and oxygen atoms in total. The van der Waals surface area contributed by atoms with E-state index in [2.05, 4.69) is 0 Å². The molecule has 0 spiro atoms. The topological polar surface area (TPSA) is 69.4 Å². The van der Waals surface area contributed by atoms with Crippen LogP contribution in [-0.4, -0.2) is 8.42 Å². The molecule has 0 aliphatic rings. The maximum Gasteiger partial charge on any atom is 0.213 e. The van der Waals surface area contributed by atoms with Gasteiger partial charge in [-0.05, 0) is 17.5 Å². The van der Waals surface area contributed by atoms with Crippen LogP contribution in [0.2, 0.25) is 0 Å². The Morgan fingerprint density at radius 2 is 1.67 bits per heavy atom. The van der Waals surface area contributed by atoms with Crippen molar-refractivity contribution in [3.8, 4) is 5.75 Å². The first-order valence-corrected chi connectivity index (χ1v) is 8.49. The number of primary sulfonamides is 1. The van der Waals surface area contributed by atoms with Gasteiger partial charge in [0.15, 0.2) is 0 Å². The van der Waals surface area contributed by atoms with Gasteiger partial charge in [0.05, 0.1) is 5.75 Å². The van der Waals surface area contributed by atoms with E-state index in [4.69, 9.17) is 9.88 Å². The van der Waals surface area contributed by atoms with E-state index in [-0.39, 0.29) is 5.75 Å². The standard InChI is InChI=1S/C16H19NO3S/c1-2-14-9-6-10-15(12-21(17,18)19)16(14)20-11-13-7-4-3-5-8-13/h3-10H,2,11-12H2,1H3,(H2,17,18,19). The molecule has 0 saturated heterocycles. The van der Waals surface area contributed by atoms with Crippen LogP contribution in [0, 0.1) is 0 Å². The molecule has 2 aromatic rings. The summed E-state index contributed by atoms with van der Waals surface area (Å²) in [6.07, 6.45) is 0.766. The van der Waals surface area contributed by atoms with Crippen LogP contribution >= 0.6 is 0 Å². The fourth-order valence-corrected chi connectivity index (χ4v) is 2.82. The Labute approximate surface area is 125 Å². The summed E-state index contributed by atoms with van der Waals surface area (Å²) < 4.78 is 28.6. The third kappa shape index (κ3) is 4.58. The second-order valence-corrected chi connectivity index (χ2v) is 6.45. The Kier molecular flexibility index (Phi) is 4.98. The highest BCUT2D eigenvalue weighted by Gasteiger charge is 2.14. The number of hydrogen-bond acceptors (Lipinski definition) is 3. The molecule has 0 aromatic heterocycles. The van der Waals surface area contributed by atoms with Gasteiger partial charge < -0.3 is 4.74 Å². The summed E-state index contributed by atoms with van der Waals surface area (Å²) >= 11 is 0. The predicted molar refractivity (Wildman–Crippen MR) is 83.4 cm³/mol. The van der Waals surface area contributed by atoms with E-state index >= 15 is 0 Å². The van der Waals surface area contributed by atoms with Gasteiger partial charge in [-0.2, -0.15) is 0 Å². The van der Waals surface area contributed by atoms with Crippen LogP contribution in [0.25, 0.3) is 0 Å². The first-order chi connectivity index (χ1) is 9.99. The van der Waals surface area contributed by atoms with Crippen molar-refractivity contribution in [2.24, 2.45) is 5.14 Å². The Hall–Kier alpha value is -1.85. The number of aryl methyl sites for hydroxylation is 1. The fourth-order valence-electron chi connectivity index (χ4n) is 2.16. The van der Waals surface area contributed by atoms with Crippen molar-refractivity contribution in [3.05, 3.63) is 65.2 Å². The highest BCUT2D eigenvalue weighted by Crippen LogP contribution is 2.27. The number of ether oxygens (including phenoxy) is 1. The average Bonchev–Trinajstić information content (AvgIpc) is 2.45. The lowest BCUT2D eigenvalue weighted by Gasteiger charge is -2.15. The summed E-state index contributed by atoms with van der Waals surface area (Å²) in [5.41, 5.74) is 2.62. The van der Waals surface area contributed by atoms with Crippen LogP contribution in [0.3, 0.4) is 0 Å². The first-order valence-electron chi connectivity index (χ1n) is 6.77. The van der Waals surface area contributed by atoms with E-state index < -0.39 is 10.0 Å². The minimum absolute atomic E-state index is 0.217. The lowest BCUT2D eigenvalue weighted by atomic mass is 10.1. The summed E-state index contributed by atoms with van der Waals surface area (Å²) in [7, 11) is -3.59. The fraction of sp³-hybridized carbons (Fsp3) is 0.250. The lowest BCUT2D eigenvalue weighted by Crippen LogP contribution is -2.15. The van der Waals surface area contributed by atoms with Gasteiger partial charge in [0.2, 0.25) is 10.0 Å². The molecule has 2 N–H and O–H groups in total. The normalized spacial score (nSPS) is 11.3. The molecule has 5 heteroatoms. The van der Waals surface area contributed by atoms with Crippen molar-refractivity contribution < 1.29 is 13.2 Å².